The van der Waals surface area contributed by atoms with Gasteiger partial charge in [0.05, 0.1) is 6.61 Å². The number of hydrogen-bond acceptors (Lipinski definition) is 7. The van der Waals surface area contributed by atoms with E-state index in [1.807, 2.05) is 0 Å². The highest BCUT2D eigenvalue weighted by Gasteiger charge is 2.51. The Kier molecular flexibility index (Phi) is 6.49. The molecule has 1 aliphatic rings. The zero-order valence-electron chi connectivity index (χ0n) is 9.88. The molecule has 0 saturated heterocycles. The predicted octanol–water partition coefficient (Wildman–Crippen LogP) is 2.16. The van der Waals surface area contributed by atoms with E-state index in [2.05, 4.69) is 14.2 Å². The minimum Gasteiger partial charge on any atom is -0.481 e. The molecule has 0 amide bonds. The standard InChI is InChI=1S/C8H14O9P2/c9-8(10)5-7(6-1-2-6)3-4-15-19(14,17-16-11)18(12)13/h6-7H,1-5H2,(H2-,9,10,11,12,13)/p+1. The summed E-state index contributed by atoms with van der Waals surface area (Å²) in [4.78, 5) is 19.4. The van der Waals surface area contributed by atoms with Gasteiger partial charge in [0.2, 0.25) is 0 Å². The number of carboxylic acids is 1. The van der Waals surface area contributed by atoms with Crippen LogP contribution in [0.5, 0.6) is 0 Å². The van der Waals surface area contributed by atoms with Crippen molar-refractivity contribution in [2.75, 3.05) is 6.61 Å². The van der Waals surface area contributed by atoms with Crippen LogP contribution in [0.1, 0.15) is 25.7 Å². The van der Waals surface area contributed by atoms with Gasteiger partial charge in [-0.3, -0.25) is 9.32 Å². The monoisotopic (exact) mass is 317 g/mol. The quantitative estimate of drug-likeness (QED) is 0.314. The lowest BCUT2D eigenvalue weighted by atomic mass is 9.96. The van der Waals surface area contributed by atoms with Crippen LogP contribution >= 0.6 is 15.0 Å². The molecule has 1 saturated carbocycles. The topological polar surface area (TPSA) is 140 Å². The van der Waals surface area contributed by atoms with Crippen LogP contribution < -0.4 is 0 Å². The summed E-state index contributed by atoms with van der Waals surface area (Å²) in [5.74, 6) is -0.794. The van der Waals surface area contributed by atoms with Gasteiger partial charge in [-0.15, -0.1) is 0 Å². The molecule has 1 aliphatic carbocycles. The van der Waals surface area contributed by atoms with Gasteiger partial charge in [0, 0.05) is 6.42 Å². The molecule has 0 aromatic rings. The summed E-state index contributed by atoms with van der Waals surface area (Å²) in [6.45, 7) is -0.225. The van der Waals surface area contributed by atoms with Crippen LogP contribution in [0, 0.1) is 11.8 Å². The van der Waals surface area contributed by atoms with E-state index in [0.717, 1.165) is 12.8 Å². The van der Waals surface area contributed by atoms with Crippen molar-refractivity contribution in [2.24, 2.45) is 11.8 Å². The van der Waals surface area contributed by atoms with E-state index in [-0.39, 0.29) is 31.3 Å². The van der Waals surface area contributed by atoms with Crippen molar-refractivity contribution in [3.63, 3.8) is 0 Å². The van der Waals surface area contributed by atoms with E-state index < -0.39 is 21.0 Å². The van der Waals surface area contributed by atoms with E-state index in [1.165, 1.54) is 0 Å². The molecule has 0 heterocycles. The third kappa shape index (κ3) is 5.62. The largest absolute Gasteiger partial charge is 0.635 e. The number of rotatable bonds is 10. The summed E-state index contributed by atoms with van der Waals surface area (Å²) in [7, 11) is -7.79. The smallest absolute Gasteiger partial charge is 0.481 e. The van der Waals surface area contributed by atoms with E-state index >= 15 is 0 Å². The van der Waals surface area contributed by atoms with E-state index in [9.17, 15) is 13.9 Å². The number of carboxylic acid groups (broad SMARTS) is 1. The fourth-order valence-corrected chi connectivity index (χ4v) is 3.18. The molecule has 11 heteroatoms. The molecule has 1 rings (SSSR count). The summed E-state index contributed by atoms with van der Waals surface area (Å²) in [5.41, 5.74) is 0. The molecule has 1 fully saturated rings. The molecule has 0 spiro atoms. The van der Waals surface area contributed by atoms with Gasteiger partial charge in [-0.2, -0.15) is 4.89 Å². The van der Waals surface area contributed by atoms with Crippen LogP contribution in [0.15, 0.2) is 0 Å². The first-order chi connectivity index (χ1) is 8.89. The lowest BCUT2D eigenvalue weighted by Gasteiger charge is -2.13. The first-order valence-corrected chi connectivity index (χ1v) is 8.98. The second kappa shape index (κ2) is 7.40. The molecule has 0 bridgehead atoms. The third-order valence-corrected chi connectivity index (χ3v) is 5.79. The van der Waals surface area contributed by atoms with E-state index in [1.54, 1.807) is 0 Å². The number of aliphatic carboxylic acids is 1. The average molecular weight is 317 g/mol. The summed E-state index contributed by atoms with van der Waals surface area (Å²) in [6.07, 6.45) is 2.08. The van der Waals surface area contributed by atoms with E-state index in [4.69, 9.17) is 15.3 Å². The van der Waals surface area contributed by atoms with Crippen LogP contribution in [0.4, 0.5) is 0 Å². The maximum atomic E-state index is 11.5. The fraction of sp³-hybridized carbons (Fsp3) is 0.875. The molecule has 0 radical (unpaired) electrons. The Morgan fingerprint density at radius 3 is 2.53 bits per heavy atom. The normalized spacial score (nSPS) is 20.6. The second-order valence-electron chi connectivity index (χ2n) is 4.19. The summed E-state index contributed by atoms with van der Waals surface area (Å²) >= 11 is 0. The van der Waals surface area contributed by atoms with Crippen LogP contribution in [-0.2, 0) is 28.2 Å². The van der Waals surface area contributed by atoms with Crippen LogP contribution in [-0.4, -0.2) is 27.8 Å². The Balaban J connectivity index is 2.43. The fourth-order valence-electron chi connectivity index (χ4n) is 1.76. The van der Waals surface area contributed by atoms with Gasteiger partial charge < -0.3 is 5.11 Å². The van der Waals surface area contributed by atoms with Gasteiger partial charge in [-0.1, -0.05) is 9.71 Å². The third-order valence-electron chi connectivity index (χ3n) is 2.81. The lowest BCUT2D eigenvalue weighted by Crippen LogP contribution is -2.12. The highest BCUT2D eigenvalue weighted by molar-refractivity contribution is 8.20. The molecule has 3 unspecified atom stereocenters. The first kappa shape index (κ1) is 16.7. The molecular formula is C8H15O9P2+. The van der Waals surface area contributed by atoms with Crippen molar-refractivity contribution in [2.45, 2.75) is 25.7 Å². The summed E-state index contributed by atoms with van der Waals surface area (Å²) in [5, 5.41) is 19.8. The molecule has 9 nitrogen and oxygen atoms in total. The van der Waals surface area contributed by atoms with Crippen molar-refractivity contribution in [3.8, 4) is 0 Å². The minimum absolute atomic E-state index is 0.0407. The van der Waals surface area contributed by atoms with Gasteiger partial charge in [-0.05, 0) is 35.7 Å². The predicted molar refractivity (Wildman–Crippen MR) is 61.3 cm³/mol. The Hall–Kier alpha value is -0.400. The van der Waals surface area contributed by atoms with Gasteiger partial charge in [0.1, 0.15) is 0 Å². The van der Waals surface area contributed by atoms with Crippen molar-refractivity contribution in [1.29, 1.82) is 0 Å². The number of carbonyl (C=O) groups is 1. The van der Waals surface area contributed by atoms with Gasteiger partial charge in [0.25, 0.3) is 0 Å². The van der Waals surface area contributed by atoms with Crippen molar-refractivity contribution < 1.29 is 43.4 Å². The molecule has 3 N–H and O–H groups in total. The maximum absolute atomic E-state index is 11.5. The van der Waals surface area contributed by atoms with Gasteiger partial charge in [-0.25, -0.2) is 9.82 Å². The van der Waals surface area contributed by atoms with Gasteiger partial charge >= 0.3 is 21.0 Å². The second-order valence-corrected chi connectivity index (χ2v) is 8.53. The van der Waals surface area contributed by atoms with Crippen molar-refractivity contribution in [1.82, 2.24) is 0 Å². The minimum atomic E-state index is -4.45. The highest BCUT2D eigenvalue weighted by Crippen LogP contribution is 2.68. The Labute approximate surface area is 109 Å². The molecule has 0 aromatic heterocycles. The molecule has 3 atom stereocenters. The molecule has 110 valence electrons. The molecular weight excluding hydrogens is 302 g/mol. The zero-order valence-corrected chi connectivity index (χ0v) is 11.7. The molecule has 0 aliphatic heterocycles. The SMILES string of the molecule is O=C(O)CC(CCOP(=O)(OOO)[P+](=O)O)C1CC1. The van der Waals surface area contributed by atoms with Crippen LogP contribution in [0.3, 0.4) is 0 Å². The maximum Gasteiger partial charge on any atom is 0.635 e. The first-order valence-electron chi connectivity index (χ1n) is 5.52. The molecule has 19 heavy (non-hydrogen) atoms. The Morgan fingerprint density at radius 1 is 1.47 bits per heavy atom. The average Bonchev–Trinajstić information content (AvgIpc) is 3.11. The summed E-state index contributed by atoms with van der Waals surface area (Å²) < 4.78 is 30.7. The van der Waals surface area contributed by atoms with E-state index in [0.29, 0.717) is 0 Å². The van der Waals surface area contributed by atoms with Crippen LogP contribution in [0.25, 0.3) is 0 Å². The van der Waals surface area contributed by atoms with Crippen molar-refractivity contribution >= 4 is 21.0 Å². The lowest BCUT2D eigenvalue weighted by molar-refractivity contribution is -0.441. The Morgan fingerprint density at radius 2 is 2.11 bits per heavy atom. The zero-order chi connectivity index (χ0) is 14.5. The van der Waals surface area contributed by atoms with Gasteiger partial charge in [0.15, 0.2) is 0 Å². The van der Waals surface area contributed by atoms with Crippen molar-refractivity contribution in [3.05, 3.63) is 0 Å². The van der Waals surface area contributed by atoms with Crippen LogP contribution in [0.2, 0.25) is 0 Å². The Bertz CT molecular complexity index is 380. The molecule has 0 aromatic carbocycles. The summed E-state index contributed by atoms with van der Waals surface area (Å²) in [6, 6.07) is 0. The number of hydrogen-bond donors (Lipinski definition) is 3. The highest BCUT2D eigenvalue weighted by atomic mass is 32.1.